The largest absolute Gasteiger partial charge is 0.378 e. The first-order valence-electron chi connectivity index (χ1n) is 7.60. The number of anilines is 1. The number of nitrogens with one attached hydrogen (secondary N) is 1. The summed E-state index contributed by atoms with van der Waals surface area (Å²) in [6.07, 6.45) is 2.69. The smallest absolute Gasteiger partial charge is 0.211 e. The average Bonchev–Trinajstić information content (AvgIpc) is 3.08. The van der Waals surface area contributed by atoms with Gasteiger partial charge in [-0.05, 0) is 30.7 Å². The molecular formula is C16H19N3O4S. The number of ether oxygens (including phenoxy) is 1. The van der Waals surface area contributed by atoms with E-state index in [0.717, 1.165) is 0 Å². The number of carbonyl (C=O) groups is 1. The second-order valence-corrected chi connectivity index (χ2v) is 7.74. The second kappa shape index (κ2) is 6.37. The fraction of sp³-hybridized carbons (Fsp3) is 0.375. The first-order chi connectivity index (χ1) is 11.4. The van der Waals surface area contributed by atoms with Gasteiger partial charge in [-0.25, -0.2) is 8.42 Å². The van der Waals surface area contributed by atoms with Crippen LogP contribution in [0.2, 0.25) is 0 Å². The van der Waals surface area contributed by atoms with Crippen molar-refractivity contribution in [1.29, 1.82) is 0 Å². The molecule has 0 amide bonds. The van der Waals surface area contributed by atoms with Crippen LogP contribution in [0.4, 0.5) is 5.69 Å². The maximum Gasteiger partial charge on any atom is 0.211 e. The number of aromatic amines is 1. The van der Waals surface area contributed by atoms with Crippen molar-refractivity contribution in [2.24, 2.45) is 0 Å². The number of morpholine rings is 1. The summed E-state index contributed by atoms with van der Waals surface area (Å²) in [5.74, 6) is -0.209. The molecule has 1 fully saturated rings. The minimum absolute atomic E-state index is 0.209. The standard InChI is InChI=1S/C16H19N3O4S/c1-11-12(16(20)13-5-6-17-18-13)3-4-14(24(2,21)22)15(11)19-7-9-23-10-8-19/h3-6H,7-10H2,1-2H3,(H,17,18). The highest BCUT2D eigenvalue weighted by Gasteiger charge is 2.26. The monoisotopic (exact) mass is 349 g/mol. The second-order valence-electron chi connectivity index (χ2n) is 5.76. The third kappa shape index (κ3) is 3.07. The Morgan fingerprint density at radius 1 is 1.25 bits per heavy atom. The molecule has 7 nitrogen and oxygen atoms in total. The molecule has 3 rings (SSSR count). The Morgan fingerprint density at radius 3 is 2.54 bits per heavy atom. The molecule has 1 aromatic carbocycles. The zero-order chi connectivity index (χ0) is 17.3. The van der Waals surface area contributed by atoms with Gasteiger partial charge in [0.1, 0.15) is 5.69 Å². The van der Waals surface area contributed by atoms with Gasteiger partial charge in [-0.15, -0.1) is 0 Å². The zero-order valence-corrected chi connectivity index (χ0v) is 14.4. The fourth-order valence-corrected chi connectivity index (χ4v) is 3.88. The van der Waals surface area contributed by atoms with E-state index in [0.29, 0.717) is 48.8 Å². The van der Waals surface area contributed by atoms with E-state index in [1.807, 2.05) is 4.90 Å². The number of hydrogen-bond acceptors (Lipinski definition) is 6. The molecular weight excluding hydrogens is 330 g/mol. The van der Waals surface area contributed by atoms with Crippen LogP contribution in [-0.2, 0) is 14.6 Å². The van der Waals surface area contributed by atoms with E-state index in [4.69, 9.17) is 4.74 Å². The van der Waals surface area contributed by atoms with Crippen molar-refractivity contribution in [1.82, 2.24) is 10.2 Å². The number of carbonyl (C=O) groups excluding carboxylic acids is 1. The first-order valence-corrected chi connectivity index (χ1v) is 9.49. The molecule has 2 heterocycles. The first kappa shape index (κ1) is 16.7. The van der Waals surface area contributed by atoms with E-state index in [1.165, 1.54) is 18.5 Å². The molecule has 0 atom stereocenters. The van der Waals surface area contributed by atoms with E-state index in [1.54, 1.807) is 19.1 Å². The van der Waals surface area contributed by atoms with Gasteiger partial charge in [0.15, 0.2) is 9.84 Å². The summed E-state index contributed by atoms with van der Waals surface area (Å²) >= 11 is 0. The molecule has 1 saturated heterocycles. The van der Waals surface area contributed by atoms with Crippen LogP contribution in [0.5, 0.6) is 0 Å². The molecule has 8 heteroatoms. The molecule has 0 saturated carbocycles. The molecule has 1 aromatic heterocycles. The lowest BCUT2D eigenvalue weighted by Crippen LogP contribution is -2.37. The molecule has 24 heavy (non-hydrogen) atoms. The van der Waals surface area contributed by atoms with E-state index in [2.05, 4.69) is 10.2 Å². The SMILES string of the molecule is Cc1c(C(=O)c2ccn[nH]2)ccc(S(C)(=O)=O)c1N1CCOCC1. The third-order valence-corrected chi connectivity index (χ3v) is 5.24. The number of rotatable bonds is 4. The zero-order valence-electron chi connectivity index (χ0n) is 13.6. The van der Waals surface area contributed by atoms with Crippen molar-refractivity contribution < 1.29 is 17.9 Å². The van der Waals surface area contributed by atoms with E-state index in [-0.39, 0.29) is 10.7 Å². The molecule has 0 radical (unpaired) electrons. The Bertz CT molecular complexity index is 854. The lowest BCUT2D eigenvalue weighted by atomic mass is 10.00. The van der Waals surface area contributed by atoms with Gasteiger partial charge in [-0.3, -0.25) is 9.89 Å². The minimum atomic E-state index is -3.42. The number of hydrogen-bond donors (Lipinski definition) is 1. The number of benzene rings is 1. The molecule has 1 N–H and O–H groups in total. The van der Waals surface area contributed by atoms with Gasteiger partial charge in [0.25, 0.3) is 0 Å². The van der Waals surface area contributed by atoms with Crippen LogP contribution >= 0.6 is 0 Å². The van der Waals surface area contributed by atoms with Crippen molar-refractivity contribution in [2.75, 3.05) is 37.5 Å². The molecule has 0 unspecified atom stereocenters. The Balaban J connectivity index is 2.15. The van der Waals surface area contributed by atoms with Gasteiger partial charge in [0.2, 0.25) is 5.78 Å². The summed E-state index contributed by atoms with van der Waals surface area (Å²) in [6.45, 7) is 4.02. The lowest BCUT2D eigenvalue weighted by Gasteiger charge is -2.32. The Kier molecular flexibility index (Phi) is 4.42. The van der Waals surface area contributed by atoms with E-state index >= 15 is 0 Å². The van der Waals surface area contributed by atoms with Crippen molar-refractivity contribution in [3.63, 3.8) is 0 Å². The molecule has 2 aromatic rings. The number of aromatic nitrogens is 2. The van der Waals surface area contributed by atoms with Crippen molar-refractivity contribution in [3.05, 3.63) is 41.2 Å². The Labute approximate surface area is 140 Å². The Morgan fingerprint density at radius 2 is 1.96 bits per heavy atom. The maximum atomic E-state index is 12.7. The van der Waals surface area contributed by atoms with Crippen LogP contribution in [0.15, 0.2) is 29.3 Å². The van der Waals surface area contributed by atoms with Crippen LogP contribution in [-0.4, -0.2) is 57.0 Å². The summed E-state index contributed by atoms with van der Waals surface area (Å²) in [6, 6.07) is 4.68. The van der Waals surface area contributed by atoms with Crippen molar-refractivity contribution in [3.8, 4) is 0 Å². The highest BCUT2D eigenvalue weighted by Crippen LogP contribution is 2.33. The molecule has 0 spiro atoms. The fourth-order valence-electron chi connectivity index (χ4n) is 2.93. The van der Waals surface area contributed by atoms with Crippen LogP contribution in [0.25, 0.3) is 0 Å². The summed E-state index contributed by atoms with van der Waals surface area (Å²) < 4.78 is 29.8. The van der Waals surface area contributed by atoms with Gasteiger partial charge in [0, 0.05) is 31.1 Å². The summed E-state index contributed by atoms with van der Waals surface area (Å²) in [5, 5.41) is 6.45. The quantitative estimate of drug-likeness (QED) is 0.834. The minimum Gasteiger partial charge on any atom is -0.378 e. The van der Waals surface area contributed by atoms with Gasteiger partial charge >= 0.3 is 0 Å². The van der Waals surface area contributed by atoms with Gasteiger partial charge in [-0.1, -0.05) is 0 Å². The van der Waals surface area contributed by atoms with Crippen LogP contribution in [0.3, 0.4) is 0 Å². The van der Waals surface area contributed by atoms with E-state index in [9.17, 15) is 13.2 Å². The molecule has 1 aliphatic rings. The predicted molar refractivity (Wildman–Crippen MR) is 89.3 cm³/mol. The maximum absolute atomic E-state index is 12.7. The number of H-pyrrole nitrogens is 1. The van der Waals surface area contributed by atoms with E-state index < -0.39 is 9.84 Å². The van der Waals surface area contributed by atoms with Gasteiger partial charge < -0.3 is 9.64 Å². The van der Waals surface area contributed by atoms with Gasteiger partial charge in [0.05, 0.1) is 23.8 Å². The normalized spacial score (nSPS) is 15.5. The topological polar surface area (TPSA) is 92.4 Å². The highest BCUT2D eigenvalue weighted by atomic mass is 32.2. The van der Waals surface area contributed by atoms with Crippen molar-refractivity contribution >= 4 is 21.3 Å². The lowest BCUT2D eigenvalue weighted by molar-refractivity contribution is 0.103. The number of nitrogens with zero attached hydrogens (tertiary/aromatic N) is 2. The highest BCUT2D eigenvalue weighted by molar-refractivity contribution is 7.90. The average molecular weight is 349 g/mol. The van der Waals surface area contributed by atoms with Crippen LogP contribution < -0.4 is 4.90 Å². The molecule has 0 bridgehead atoms. The predicted octanol–water partition coefficient (Wildman–Crippen LogP) is 1.19. The molecule has 0 aliphatic carbocycles. The summed E-state index contributed by atoms with van der Waals surface area (Å²) in [7, 11) is -3.42. The summed E-state index contributed by atoms with van der Waals surface area (Å²) in [4.78, 5) is 14.9. The summed E-state index contributed by atoms with van der Waals surface area (Å²) in [5.41, 5.74) is 2.08. The van der Waals surface area contributed by atoms with Crippen molar-refractivity contribution in [2.45, 2.75) is 11.8 Å². The number of sulfone groups is 1. The third-order valence-electron chi connectivity index (χ3n) is 4.11. The van der Waals surface area contributed by atoms with Crippen LogP contribution in [0.1, 0.15) is 21.6 Å². The molecule has 1 aliphatic heterocycles. The van der Waals surface area contributed by atoms with Gasteiger partial charge in [-0.2, -0.15) is 5.10 Å². The van der Waals surface area contributed by atoms with Crippen LogP contribution in [0, 0.1) is 6.92 Å². The number of ketones is 1. The Hall–Kier alpha value is -2.19. The molecule has 128 valence electrons.